The molecule has 0 fully saturated rings. The van der Waals surface area contributed by atoms with Crippen molar-refractivity contribution < 1.29 is 0 Å². The van der Waals surface area contributed by atoms with E-state index in [1.54, 1.807) is 0 Å². The van der Waals surface area contributed by atoms with Crippen molar-refractivity contribution in [3.63, 3.8) is 0 Å². The quantitative estimate of drug-likeness (QED) is 0.636. The second-order valence-corrected chi connectivity index (χ2v) is 3.69. The fourth-order valence-corrected chi connectivity index (χ4v) is 1.99. The Labute approximate surface area is 87.4 Å². The Morgan fingerprint density at radius 2 is 2.07 bits per heavy atom. The van der Waals surface area contributed by atoms with E-state index in [4.69, 9.17) is 0 Å². The Morgan fingerprint density at radius 1 is 1.36 bits per heavy atom. The van der Waals surface area contributed by atoms with Gasteiger partial charge in [0, 0.05) is 11.4 Å². The smallest absolute Gasteiger partial charge is 0.0513 e. The van der Waals surface area contributed by atoms with Crippen LogP contribution in [0.15, 0.2) is 24.3 Å². The third-order valence-corrected chi connectivity index (χ3v) is 2.73. The molecule has 1 unspecified atom stereocenters. The molecule has 0 aliphatic heterocycles. The molecule has 1 aromatic heterocycles. The Kier molecular flexibility index (Phi) is 3.99. The minimum atomic E-state index is 0.532. The van der Waals surface area contributed by atoms with E-state index >= 15 is 0 Å². The molecule has 0 radical (unpaired) electrons. The van der Waals surface area contributed by atoms with Crippen molar-refractivity contribution >= 4 is 0 Å². The fourth-order valence-electron chi connectivity index (χ4n) is 1.99. The lowest BCUT2D eigenvalue weighted by molar-refractivity contribution is 0.554. The SMILES string of the molecule is C/C=C\C(CC)n1c(C)ccc1CC. The zero-order chi connectivity index (χ0) is 10.6. The van der Waals surface area contributed by atoms with Gasteiger partial charge < -0.3 is 4.57 Å². The van der Waals surface area contributed by atoms with Crippen LogP contribution in [0.3, 0.4) is 0 Å². The molecule has 1 nitrogen and oxygen atoms in total. The summed E-state index contributed by atoms with van der Waals surface area (Å²) in [5.74, 6) is 0. The Hall–Kier alpha value is -0.980. The summed E-state index contributed by atoms with van der Waals surface area (Å²) in [6.07, 6.45) is 6.70. The van der Waals surface area contributed by atoms with Crippen molar-refractivity contribution in [3.05, 3.63) is 35.7 Å². The minimum absolute atomic E-state index is 0.532. The van der Waals surface area contributed by atoms with E-state index in [1.807, 2.05) is 0 Å². The molecule has 0 aliphatic rings. The molecule has 14 heavy (non-hydrogen) atoms. The highest BCUT2D eigenvalue weighted by atomic mass is 15.0. The molecule has 0 saturated heterocycles. The predicted octanol–water partition coefficient (Wildman–Crippen LogP) is 3.89. The van der Waals surface area contributed by atoms with Gasteiger partial charge in [-0.25, -0.2) is 0 Å². The molecule has 1 rings (SSSR count). The number of aryl methyl sites for hydroxylation is 2. The van der Waals surface area contributed by atoms with Crippen LogP contribution in [0.4, 0.5) is 0 Å². The van der Waals surface area contributed by atoms with E-state index in [0.29, 0.717) is 6.04 Å². The highest BCUT2D eigenvalue weighted by Gasteiger charge is 2.10. The Balaban J connectivity index is 3.06. The van der Waals surface area contributed by atoms with Gasteiger partial charge in [-0.15, -0.1) is 0 Å². The molecule has 0 bridgehead atoms. The van der Waals surface area contributed by atoms with E-state index in [1.165, 1.54) is 11.4 Å². The highest BCUT2D eigenvalue weighted by molar-refractivity contribution is 5.18. The van der Waals surface area contributed by atoms with Gasteiger partial charge >= 0.3 is 0 Å². The van der Waals surface area contributed by atoms with Crippen LogP contribution in [0.2, 0.25) is 0 Å². The summed E-state index contributed by atoms with van der Waals surface area (Å²) >= 11 is 0. The minimum Gasteiger partial charge on any atom is -0.342 e. The normalized spacial score (nSPS) is 13.7. The van der Waals surface area contributed by atoms with Gasteiger partial charge in [-0.2, -0.15) is 0 Å². The van der Waals surface area contributed by atoms with Gasteiger partial charge in [-0.3, -0.25) is 0 Å². The van der Waals surface area contributed by atoms with Crippen LogP contribution < -0.4 is 0 Å². The third kappa shape index (κ3) is 2.09. The first-order valence-electron chi connectivity index (χ1n) is 5.54. The summed E-state index contributed by atoms with van der Waals surface area (Å²) in [6, 6.07) is 4.98. The predicted molar refractivity (Wildman–Crippen MR) is 62.7 cm³/mol. The van der Waals surface area contributed by atoms with Gasteiger partial charge in [-0.1, -0.05) is 26.0 Å². The summed E-state index contributed by atoms with van der Waals surface area (Å²) in [5, 5.41) is 0. The molecule has 1 heterocycles. The van der Waals surface area contributed by atoms with Gasteiger partial charge in [0.1, 0.15) is 0 Å². The zero-order valence-electron chi connectivity index (χ0n) is 9.75. The first-order chi connectivity index (χ1) is 6.74. The van der Waals surface area contributed by atoms with E-state index in [2.05, 4.69) is 56.5 Å². The number of aromatic nitrogens is 1. The average molecular weight is 191 g/mol. The van der Waals surface area contributed by atoms with E-state index in [9.17, 15) is 0 Å². The monoisotopic (exact) mass is 191 g/mol. The number of hydrogen-bond acceptors (Lipinski definition) is 0. The highest BCUT2D eigenvalue weighted by Crippen LogP contribution is 2.20. The standard InChI is InChI=1S/C13H21N/c1-5-8-12(6-2)14-11(4)9-10-13(14)7-3/h5,8-10,12H,6-7H2,1-4H3/b8-5-. The molecule has 0 saturated carbocycles. The van der Waals surface area contributed by atoms with Gasteiger partial charge in [0.15, 0.2) is 0 Å². The van der Waals surface area contributed by atoms with E-state index in [-0.39, 0.29) is 0 Å². The zero-order valence-corrected chi connectivity index (χ0v) is 9.75. The molecule has 1 aromatic rings. The number of hydrogen-bond donors (Lipinski definition) is 0. The maximum Gasteiger partial charge on any atom is 0.0513 e. The van der Waals surface area contributed by atoms with Gasteiger partial charge in [-0.05, 0) is 38.8 Å². The molecule has 0 aliphatic carbocycles. The lowest BCUT2D eigenvalue weighted by Gasteiger charge is -2.18. The molecular weight excluding hydrogens is 170 g/mol. The summed E-state index contributed by atoms with van der Waals surface area (Å²) in [5.41, 5.74) is 2.80. The van der Waals surface area contributed by atoms with Crippen LogP contribution in [-0.2, 0) is 6.42 Å². The molecule has 1 heteroatoms. The fraction of sp³-hybridized carbons (Fsp3) is 0.538. The summed E-state index contributed by atoms with van der Waals surface area (Å²) in [6.45, 7) is 8.73. The van der Waals surface area contributed by atoms with Crippen molar-refractivity contribution in [1.29, 1.82) is 0 Å². The van der Waals surface area contributed by atoms with Crippen molar-refractivity contribution in [1.82, 2.24) is 4.57 Å². The summed E-state index contributed by atoms with van der Waals surface area (Å²) in [4.78, 5) is 0. The molecule has 0 aromatic carbocycles. The van der Waals surface area contributed by atoms with Crippen LogP contribution in [0.1, 0.15) is 44.6 Å². The van der Waals surface area contributed by atoms with Crippen LogP contribution in [0, 0.1) is 6.92 Å². The maximum atomic E-state index is 2.44. The van der Waals surface area contributed by atoms with Crippen LogP contribution in [-0.4, -0.2) is 4.57 Å². The summed E-state index contributed by atoms with van der Waals surface area (Å²) < 4.78 is 2.44. The average Bonchev–Trinajstić information content (AvgIpc) is 2.56. The second kappa shape index (κ2) is 5.04. The van der Waals surface area contributed by atoms with Crippen LogP contribution >= 0.6 is 0 Å². The first-order valence-corrected chi connectivity index (χ1v) is 5.54. The third-order valence-electron chi connectivity index (χ3n) is 2.73. The largest absolute Gasteiger partial charge is 0.342 e. The Morgan fingerprint density at radius 3 is 2.57 bits per heavy atom. The van der Waals surface area contributed by atoms with Crippen molar-refractivity contribution in [2.75, 3.05) is 0 Å². The van der Waals surface area contributed by atoms with Crippen molar-refractivity contribution in [2.45, 2.75) is 46.6 Å². The summed E-state index contributed by atoms with van der Waals surface area (Å²) in [7, 11) is 0. The number of rotatable bonds is 4. The van der Waals surface area contributed by atoms with Gasteiger partial charge in [0.2, 0.25) is 0 Å². The lowest BCUT2D eigenvalue weighted by atomic mass is 10.2. The number of nitrogens with zero attached hydrogens (tertiary/aromatic N) is 1. The van der Waals surface area contributed by atoms with Gasteiger partial charge in [0.05, 0.1) is 6.04 Å². The molecular formula is C13H21N. The Bertz CT molecular complexity index is 307. The van der Waals surface area contributed by atoms with Crippen LogP contribution in [0.5, 0.6) is 0 Å². The molecule has 0 spiro atoms. The second-order valence-electron chi connectivity index (χ2n) is 3.69. The molecule has 0 amide bonds. The van der Waals surface area contributed by atoms with Crippen molar-refractivity contribution in [2.24, 2.45) is 0 Å². The molecule has 78 valence electrons. The maximum absolute atomic E-state index is 2.44. The first kappa shape index (κ1) is 11.1. The van der Waals surface area contributed by atoms with Crippen LogP contribution in [0.25, 0.3) is 0 Å². The molecule has 0 N–H and O–H groups in total. The topological polar surface area (TPSA) is 4.93 Å². The van der Waals surface area contributed by atoms with E-state index < -0.39 is 0 Å². The molecule has 1 atom stereocenters. The number of allylic oxidation sites excluding steroid dienone is 2. The van der Waals surface area contributed by atoms with Gasteiger partial charge in [0.25, 0.3) is 0 Å². The lowest BCUT2D eigenvalue weighted by Crippen LogP contribution is -2.10. The van der Waals surface area contributed by atoms with E-state index in [0.717, 1.165) is 12.8 Å². The van der Waals surface area contributed by atoms with Crippen molar-refractivity contribution in [3.8, 4) is 0 Å².